The van der Waals surface area contributed by atoms with Gasteiger partial charge in [0.05, 0.1) is 7.11 Å². The fourth-order valence-corrected chi connectivity index (χ4v) is 2.58. The topological polar surface area (TPSA) is 54.1 Å². The van der Waals surface area contributed by atoms with E-state index in [9.17, 15) is 4.79 Å². The van der Waals surface area contributed by atoms with Crippen LogP contribution >= 0.6 is 0 Å². The van der Waals surface area contributed by atoms with Gasteiger partial charge in [-0.15, -0.1) is 0 Å². The Morgan fingerprint density at radius 1 is 1.04 bits per heavy atom. The molecule has 0 amide bonds. The quantitative estimate of drug-likeness (QED) is 0.761. The van der Waals surface area contributed by atoms with Gasteiger partial charge in [0, 0.05) is 24.2 Å². The summed E-state index contributed by atoms with van der Waals surface area (Å²) in [5.41, 5.74) is 3.88. The Morgan fingerprint density at radius 2 is 1.83 bits per heavy atom. The van der Waals surface area contributed by atoms with Crippen molar-refractivity contribution >= 4 is 10.9 Å². The molecule has 0 aliphatic rings. The van der Waals surface area contributed by atoms with Gasteiger partial charge in [-0.2, -0.15) is 0 Å². The molecule has 4 nitrogen and oxygen atoms in total. The summed E-state index contributed by atoms with van der Waals surface area (Å²) in [4.78, 5) is 15.1. The summed E-state index contributed by atoms with van der Waals surface area (Å²) >= 11 is 0. The van der Waals surface area contributed by atoms with Gasteiger partial charge in [-0.3, -0.25) is 4.79 Å². The van der Waals surface area contributed by atoms with E-state index in [1.165, 1.54) is 0 Å². The molecule has 3 aromatic rings. The van der Waals surface area contributed by atoms with Crippen LogP contribution in [0.1, 0.15) is 16.7 Å². The number of aromatic amines is 1. The summed E-state index contributed by atoms with van der Waals surface area (Å²) in [5.74, 6) is 0.843. The number of hydrogen-bond acceptors (Lipinski definition) is 3. The number of pyridine rings is 1. The molecular weight excluding hydrogens is 288 g/mol. The number of aryl methyl sites for hydroxylation is 1. The SMILES string of the molecule is COc1ccc(CNCc2cc3ccc(C)cc3[nH]c2=O)cc1. The number of benzene rings is 2. The first-order valence-electron chi connectivity index (χ1n) is 7.62. The van der Waals surface area contributed by atoms with Crippen molar-refractivity contribution in [1.29, 1.82) is 0 Å². The molecule has 0 saturated carbocycles. The zero-order valence-corrected chi connectivity index (χ0v) is 13.3. The Balaban J connectivity index is 1.70. The molecule has 0 bridgehead atoms. The Hall–Kier alpha value is -2.59. The maximum absolute atomic E-state index is 12.2. The van der Waals surface area contributed by atoms with Crippen LogP contribution in [0.4, 0.5) is 0 Å². The lowest BCUT2D eigenvalue weighted by atomic mass is 10.1. The smallest absolute Gasteiger partial charge is 0.252 e. The molecule has 0 unspecified atom stereocenters. The predicted octanol–water partition coefficient (Wildman–Crippen LogP) is 3.13. The lowest BCUT2D eigenvalue weighted by Crippen LogP contribution is -2.20. The highest BCUT2D eigenvalue weighted by Crippen LogP contribution is 2.13. The maximum atomic E-state index is 12.2. The molecule has 0 saturated heterocycles. The largest absolute Gasteiger partial charge is 0.497 e. The normalized spacial score (nSPS) is 10.9. The Morgan fingerprint density at radius 3 is 2.57 bits per heavy atom. The van der Waals surface area contributed by atoms with Crippen LogP contribution < -0.4 is 15.6 Å². The average molecular weight is 308 g/mol. The molecule has 2 N–H and O–H groups in total. The van der Waals surface area contributed by atoms with Crippen molar-refractivity contribution in [3.05, 3.63) is 75.6 Å². The first kappa shape index (κ1) is 15.3. The number of fused-ring (bicyclic) bond motifs is 1. The molecule has 2 aromatic carbocycles. The lowest BCUT2D eigenvalue weighted by Gasteiger charge is -2.07. The Bertz CT molecular complexity index is 867. The van der Waals surface area contributed by atoms with Crippen LogP contribution in [0.3, 0.4) is 0 Å². The second kappa shape index (κ2) is 6.67. The number of H-pyrrole nitrogens is 1. The minimum Gasteiger partial charge on any atom is -0.497 e. The van der Waals surface area contributed by atoms with Crippen LogP contribution in [-0.2, 0) is 13.1 Å². The molecule has 23 heavy (non-hydrogen) atoms. The Kier molecular flexibility index (Phi) is 4.44. The molecule has 0 spiro atoms. The van der Waals surface area contributed by atoms with Crippen molar-refractivity contribution in [2.45, 2.75) is 20.0 Å². The van der Waals surface area contributed by atoms with Gasteiger partial charge in [0.2, 0.25) is 0 Å². The zero-order valence-electron chi connectivity index (χ0n) is 13.3. The molecule has 1 aromatic heterocycles. The van der Waals surface area contributed by atoms with Crippen molar-refractivity contribution in [1.82, 2.24) is 10.3 Å². The number of methoxy groups -OCH3 is 1. The second-order valence-corrected chi connectivity index (χ2v) is 5.67. The van der Waals surface area contributed by atoms with E-state index >= 15 is 0 Å². The number of hydrogen-bond donors (Lipinski definition) is 2. The fourth-order valence-electron chi connectivity index (χ4n) is 2.58. The summed E-state index contributed by atoms with van der Waals surface area (Å²) in [5, 5.41) is 4.36. The fraction of sp³-hybridized carbons (Fsp3) is 0.211. The molecule has 0 atom stereocenters. The van der Waals surface area contributed by atoms with Crippen molar-refractivity contribution < 1.29 is 4.74 Å². The number of aromatic nitrogens is 1. The minimum absolute atomic E-state index is 0.0367. The highest BCUT2D eigenvalue weighted by molar-refractivity contribution is 5.79. The lowest BCUT2D eigenvalue weighted by molar-refractivity contribution is 0.414. The van der Waals surface area contributed by atoms with E-state index in [2.05, 4.69) is 16.4 Å². The van der Waals surface area contributed by atoms with E-state index in [-0.39, 0.29) is 5.56 Å². The van der Waals surface area contributed by atoms with Crippen LogP contribution in [0, 0.1) is 6.92 Å². The van der Waals surface area contributed by atoms with Crippen LogP contribution in [0.5, 0.6) is 5.75 Å². The van der Waals surface area contributed by atoms with Gasteiger partial charge in [0.25, 0.3) is 5.56 Å². The van der Waals surface area contributed by atoms with Gasteiger partial charge in [-0.05, 0) is 47.7 Å². The van der Waals surface area contributed by atoms with Gasteiger partial charge < -0.3 is 15.0 Å². The van der Waals surface area contributed by atoms with Gasteiger partial charge in [0.15, 0.2) is 0 Å². The molecule has 0 radical (unpaired) electrons. The van der Waals surface area contributed by atoms with Crippen LogP contribution in [0.25, 0.3) is 10.9 Å². The zero-order chi connectivity index (χ0) is 16.2. The summed E-state index contributed by atoms with van der Waals surface area (Å²) in [6.45, 7) is 3.25. The molecule has 0 aliphatic carbocycles. The van der Waals surface area contributed by atoms with Gasteiger partial charge in [-0.25, -0.2) is 0 Å². The highest BCUT2D eigenvalue weighted by Gasteiger charge is 2.03. The highest BCUT2D eigenvalue weighted by atomic mass is 16.5. The molecule has 0 aliphatic heterocycles. The monoisotopic (exact) mass is 308 g/mol. The van der Waals surface area contributed by atoms with Crippen LogP contribution in [0.15, 0.2) is 53.3 Å². The van der Waals surface area contributed by atoms with Crippen LogP contribution in [-0.4, -0.2) is 12.1 Å². The van der Waals surface area contributed by atoms with E-state index in [1.54, 1.807) is 7.11 Å². The predicted molar refractivity (Wildman–Crippen MR) is 92.8 cm³/mol. The number of ether oxygens (including phenoxy) is 1. The third kappa shape index (κ3) is 3.60. The Labute approximate surface area is 135 Å². The second-order valence-electron chi connectivity index (χ2n) is 5.67. The summed E-state index contributed by atoms with van der Waals surface area (Å²) in [7, 11) is 1.65. The summed E-state index contributed by atoms with van der Waals surface area (Å²) in [6, 6.07) is 15.9. The van der Waals surface area contributed by atoms with Crippen molar-refractivity contribution in [2.75, 3.05) is 7.11 Å². The van der Waals surface area contributed by atoms with Crippen molar-refractivity contribution in [3.8, 4) is 5.75 Å². The molecular formula is C19H20N2O2. The van der Waals surface area contributed by atoms with E-state index < -0.39 is 0 Å². The number of rotatable bonds is 5. The standard InChI is InChI=1S/C19H20N2O2/c1-13-3-6-15-10-16(19(22)21-18(15)9-13)12-20-11-14-4-7-17(23-2)8-5-14/h3-10,20H,11-12H2,1-2H3,(H,21,22). The van der Waals surface area contributed by atoms with E-state index in [1.807, 2.05) is 49.4 Å². The first-order valence-corrected chi connectivity index (χ1v) is 7.62. The van der Waals surface area contributed by atoms with Gasteiger partial charge >= 0.3 is 0 Å². The van der Waals surface area contributed by atoms with Crippen molar-refractivity contribution in [3.63, 3.8) is 0 Å². The molecule has 3 rings (SSSR count). The van der Waals surface area contributed by atoms with Gasteiger partial charge in [0.1, 0.15) is 5.75 Å². The van der Waals surface area contributed by atoms with Crippen LogP contribution in [0.2, 0.25) is 0 Å². The molecule has 1 heterocycles. The average Bonchev–Trinajstić information content (AvgIpc) is 2.56. The third-order valence-corrected chi connectivity index (χ3v) is 3.88. The number of nitrogens with one attached hydrogen (secondary N) is 2. The van der Waals surface area contributed by atoms with E-state index in [0.29, 0.717) is 13.1 Å². The maximum Gasteiger partial charge on any atom is 0.252 e. The molecule has 4 heteroatoms. The third-order valence-electron chi connectivity index (χ3n) is 3.88. The first-order chi connectivity index (χ1) is 11.2. The van der Waals surface area contributed by atoms with Crippen molar-refractivity contribution in [2.24, 2.45) is 0 Å². The molecule has 0 fully saturated rings. The summed E-state index contributed by atoms with van der Waals surface area (Å²) in [6.07, 6.45) is 0. The van der Waals surface area contributed by atoms with E-state index in [4.69, 9.17) is 4.74 Å². The summed E-state index contributed by atoms with van der Waals surface area (Å²) < 4.78 is 5.14. The minimum atomic E-state index is -0.0367. The van der Waals surface area contributed by atoms with E-state index in [0.717, 1.165) is 33.3 Å². The molecule has 118 valence electrons. The van der Waals surface area contributed by atoms with Gasteiger partial charge in [-0.1, -0.05) is 24.3 Å².